The maximum absolute atomic E-state index is 11.0. The summed E-state index contributed by atoms with van der Waals surface area (Å²) in [5.41, 5.74) is 5.52. The SMILES string of the molecule is O=[N+]([O-])c1cc(Cl)c(Cc2nc(-c3ccc4c(c3)CCCC4)cs2)cc1Cl. The second kappa shape index (κ2) is 7.58. The number of nitro benzene ring substituents is 1. The van der Waals surface area contributed by atoms with E-state index < -0.39 is 4.92 Å². The van der Waals surface area contributed by atoms with Gasteiger partial charge in [-0.2, -0.15) is 0 Å². The summed E-state index contributed by atoms with van der Waals surface area (Å²) in [7, 11) is 0. The number of hydrogen-bond acceptors (Lipinski definition) is 4. The number of fused-ring (bicyclic) bond motifs is 1. The molecule has 1 heterocycles. The Kier molecular flexibility index (Phi) is 5.17. The van der Waals surface area contributed by atoms with Gasteiger partial charge in [0.1, 0.15) is 5.02 Å². The number of aryl methyl sites for hydroxylation is 2. The van der Waals surface area contributed by atoms with Crippen molar-refractivity contribution in [3.05, 3.63) is 77.6 Å². The van der Waals surface area contributed by atoms with E-state index in [1.54, 1.807) is 17.4 Å². The van der Waals surface area contributed by atoms with Crippen molar-refractivity contribution >= 4 is 40.2 Å². The van der Waals surface area contributed by atoms with E-state index in [2.05, 4.69) is 18.2 Å². The lowest BCUT2D eigenvalue weighted by Gasteiger charge is -2.16. The summed E-state index contributed by atoms with van der Waals surface area (Å²) in [5.74, 6) is 0. The quantitative estimate of drug-likeness (QED) is 0.359. The van der Waals surface area contributed by atoms with Gasteiger partial charge >= 0.3 is 0 Å². The molecule has 27 heavy (non-hydrogen) atoms. The van der Waals surface area contributed by atoms with Gasteiger partial charge in [0, 0.05) is 23.4 Å². The Hall–Kier alpha value is -1.95. The van der Waals surface area contributed by atoms with Gasteiger partial charge in [0.05, 0.1) is 20.6 Å². The minimum atomic E-state index is -0.532. The Labute approximate surface area is 170 Å². The first-order valence-electron chi connectivity index (χ1n) is 8.70. The second-order valence-corrected chi connectivity index (χ2v) is 8.40. The molecule has 0 unspecified atom stereocenters. The largest absolute Gasteiger partial charge is 0.289 e. The smallest absolute Gasteiger partial charge is 0.258 e. The molecule has 0 bridgehead atoms. The summed E-state index contributed by atoms with van der Waals surface area (Å²) in [6.07, 6.45) is 5.31. The van der Waals surface area contributed by atoms with Crippen molar-refractivity contribution in [2.45, 2.75) is 32.1 Å². The van der Waals surface area contributed by atoms with Crippen molar-refractivity contribution in [3.63, 3.8) is 0 Å². The molecule has 0 N–H and O–H groups in total. The number of thiazole rings is 1. The van der Waals surface area contributed by atoms with Crippen LogP contribution in [0.5, 0.6) is 0 Å². The molecule has 1 aliphatic rings. The summed E-state index contributed by atoms with van der Waals surface area (Å²) >= 11 is 13.8. The Morgan fingerprint density at radius 3 is 2.63 bits per heavy atom. The van der Waals surface area contributed by atoms with Gasteiger partial charge in [-0.3, -0.25) is 10.1 Å². The molecule has 4 nitrogen and oxygen atoms in total. The third-order valence-corrected chi connectivity index (χ3v) is 6.35. The summed E-state index contributed by atoms with van der Waals surface area (Å²) in [6, 6.07) is 9.47. The number of nitro groups is 1. The van der Waals surface area contributed by atoms with Crippen LogP contribution in [0.15, 0.2) is 35.7 Å². The maximum Gasteiger partial charge on any atom is 0.289 e. The molecule has 4 rings (SSSR count). The van der Waals surface area contributed by atoms with Gasteiger partial charge in [0.25, 0.3) is 5.69 Å². The molecule has 2 aromatic carbocycles. The van der Waals surface area contributed by atoms with E-state index in [9.17, 15) is 10.1 Å². The van der Waals surface area contributed by atoms with Gasteiger partial charge in [-0.1, -0.05) is 35.3 Å². The average Bonchev–Trinajstić information content (AvgIpc) is 3.12. The number of benzene rings is 2. The lowest BCUT2D eigenvalue weighted by atomic mass is 9.90. The second-order valence-electron chi connectivity index (χ2n) is 6.65. The topological polar surface area (TPSA) is 56.0 Å². The van der Waals surface area contributed by atoms with Crippen LogP contribution >= 0.6 is 34.5 Å². The van der Waals surface area contributed by atoms with Crippen LogP contribution in [0.4, 0.5) is 5.69 Å². The van der Waals surface area contributed by atoms with E-state index in [0.29, 0.717) is 11.4 Å². The fraction of sp³-hybridized carbons (Fsp3) is 0.250. The van der Waals surface area contributed by atoms with Gasteiger partial charge in [-0.15, -0.1) is 11.3 Å². The van der Waals surface area contributed by atoms with Gasteiger partial charge in [-0.25, -0.2) is 4.98 Å². The van der Waals surface area contributed by atoms with E-state index in [1.807, 2.05) is 5.38 Å². The molecular weight excluding hydrogens is 403 g/mol. The molecule has 0 aliphatic heterocycles. The molecule has 3 aromatic rings. The third-order valence-electron chi connectivity index (χ3n) is 4.85. The van der Waals surface area contributed by atoms with Gasteiger partial charge in [0.2, 0.25) is 0 Å². The van der Waals surface area contributed by atoms with Crippen LogP contribution in [0.1, 0.15) is 34.5 Å². The molecule has 7 heteroatoms. The number of halogens is 2. The molecule has 0 amide bonds. The number of nitrogens with zero attached hydrogens (tertiary/aromatic N) is 2. The van der Waals surface area contributed by atoms with E-state index in [4.69, 9.17) is 28.2 Å². The first-order valence-corrected chi connectivity index (χ1v) is 10.3. The van der Waals surface area contributed by atoms with Crippen molar-refractivity contribution < 1.29 is 4.92 Å². The summed E-state index contributed by atoms with van der Waals surface area (Å²) in [5, 5.41) is 14.3. The minimum Gasteiger partial charge on any atom is -0.258 e. The molecular formula is C20H16Cl2N2O2S. The summed E-state index contributed by atoms with van der Waals surface area (Å²) in [4.78, 5) is 15.2. The Morgan fingerprint density at radius 2 is 1.85 bits per heavy atom. The third kappa shape index (κ3) is 3.86. The van der Waals surface area contributed by atoms with Crippen molar-refractivity contribution in [3.8, 4) is 11.3 Å². The zero-order valence-electron chi connectivity index (χ0n) is 14.4. The van der Waals surface area contributed by atoms with E-state index in [0.717, 1.165) is 34.7 Å². The van der Waals surface area contributed by atoms with Crippen LogP contribution in [0, 0.1) is 10.1 Å². The van der Waals surface area contributed by atoms with Crippen LogP contribution < -0.4 is 0 Å². The van der Waals surface area contributed by atoms with Crippen LogP contribution in [-0.4, -0.2) is 9.91 Å². The van der Waals surface area contributed by atoms with Crippen LogP contribution in [0.2, 0.25) is 10.0 Å². The highest BCUT2D eigenvalue weighted by atomic mass is 35.5. The Morgan fingerprint density at radius 1 is 1.07 bits per heavy atom. The lowest BCUT2D eigenvalue weighted by molar-refractivity contribution is -0.384. The number of aromatic nitrogens is 1. The molecule has 0 fully saturated rings. The highest BCUT2D eigenvalue weighted by molar-refractivity contribution is 7.10. The van der Waals surface area contributed by atoms with Crippen molar-refractivity contribution in [1.29, 1.82) is 0 Å². The van der Waals surface area contributed by atoms with Gasteiger partial charge in [-0.05, 0) is 54.5 Å². The molecule has 1 aromatic heterocycles. The minimum absolute atomic E-state index is 0.0888. The highest BCUT2D eigenvalue weighted by Crippen LogP contribution is 2.33. The van der Waals surface area contributed by atoms with E-state index in [1.165, 1.54) is 30.0 Å². The predicted molar refractivity (Wildman–Crippen MR) is 110 cm³/mol. The van der Waals surface area contributed by atoms with Crippen molar-refractivity contribution in [2.24, 2.45) is 0 Å². The van der Waals surface area contributed by atoms with E-state index >= 15 is 0 Å². The fourth-order valence-corrected chi connectivity index (χ4v) is 4.74. The molecule has 1 aliphatic carbocycles. The number of rotatable bonds is 4. The average molecular weight is 419 g/mol. The first-order chi connectivity index (χ1) is 13.0. The van der Waals surface area contributed by atoms with Crippen LogP contribution in [-0.2, 0) is 19.3 Å². The van der Waals surface area contributed by atoms with Crippen molar-refractivity contribution in [1.82, 2.24) is 4.98 Å². The maximum atomic E-state index is 11.0. The normalized spacial score (nSPS) is 13.4. The predicted octanol–water partition coefficient (Wildman–Crippen LogP) is 6.49. The number of hydrogen-bond donors (Lipinski definition) is 0. The highest BCUT2D eigenvalue weighted by Gasteiger charge is 2.17. The first kappa shape index (κ1) is 18.4. The fourth-order valence-electron chi connectivity index (χ4n) is 3.43. The molecule has 0 saturated carbocycles. The molecule has 0 radical (unpaired) electrons. The van der Waals surface area contributed by atoms with Crippen LogP contribution in [0.25, 0.3) is 11.3 Å². The Balaban J connectivity index is 1.59. The van der Waals surface area contributed by atoms with E-state index in [-0.39, 0.29) is 10.7 Å². The van der Waals surface area contributed by atoms with Gasteiger partial charge in [0.15, 0.2) is 0 Å². The summed E-state index contributed by atoms with van der Waals surface area (Å²) in [6.45, 7) is 0. The van der Waals surface area contributed by atoms with Crippen LogP contribution in [0.3, 0.4) is 0 Å². The Bertz CT molecular complexity index is 1030. The molecule has 138 valence electrons. The molecule has 0 spiro atoms. The van der Waals surface area contributed by atoms with Gasteiger partial charge < -0.3 is 0 Å². The summed E-state index contributed by atoms with van der Waals surface area (Å²) < 4.78 is 0. The lowest BCUT2D eigenvalue weighted by Crippen LogP contribution is -2.02. The molecule has 0 saturated heterocycles. The van der Waals surface area contributed by atoms with Crippen molar-refractivity contribution in [2.75, 3.05) is 0 Å². The zero-order valence-corrected chi connectivity index (χ0v) is 16.7. The monoisotopic (exact) mass is 418 g/mol. The standard InChI is InChI=1S/C20H16Cl2N2O2S/c21-16-10-19(24(25)26)17(22)8-15(16)9-20-23-18(11-27-20)14-6-5-12-3-1-2-4-13(12)7-14/h5-8,10-11H,1-4,9H2. The zero-order chi connectivity index (χ0) is 19.0. The molecule has 0 atom stereocenters.